The molecule has 0 amide bonds. The molecule has 0 aliphatic heterocycles. The third-order valence-electron chi connectivity index (χ3n) is 0.603. The molecule has 0 radical (unpaired) electrons. The second-order valence-corrected chi connectivity index (χ2v) is 5.36. The average molecular weight is 234 g/mol. The van der Waals surface area contributed by atoms with Gasteiger partial charge >= 0.3 is 0 Å². The highest BCUT2D eigenvalue weighted by Gasteiger charge is 2.21. The summed E-state index contributed by atoms with van der Waals surface area (Å²) in [6, 6.07) is 0. The van der Waals surface area contributed by atoms with Crippen molar-refractivity contribution in [2.45, 2.75) is 3.12 Å². The summed E-state index contributed by atoms with van der Waals surface area (Å²) in [5.41, 5.74) is 0. The second kappa shape index (κ2) is 3.66. The van der Waals surface area contributed by atoms with Gasteiger partial charge in [0.1, 0.15) is 0 Å². The van der Waals surface area contributed by atoms with Crippen molar-refractivity contribution in [3.05, 3.63) is 0 Å². The molecule has 0 saturated carbocycles. The van der Waals surface area contributed by atoms with Crippen molar-refractivity contribution in [3.8, 4) is 0 Å². The van der Waals surface area contributed by atoms with E-state index >= 15 is 0 Å². The van der Waals surface area contributed by atoms with Gasteiger partial charge in [-0.25, -0.2) is 0 Å². The molecule has 0 aliphatic rings. The van der Waals surface area contributed by atoms with Crippen LogP contribution in [-0.4, -0.2) is 23.7 Å². The Hall–Kier alpha value is 0.0900. The van der Waals surface area contributed by atoms with Gasteiger partial charge < -0.3 is 0 Å². The molecule has 0 aliphatic carbocycles. The number of nitrogens with one attached hydrogen (secondary N) is 2. The fourth-order valence-electron chi connectivity index (χ4n) is 0.309. The quantitative estimate of drug-likeness (QED) is 0.601. The fraction of sp³-hybridized carbons (Fsp3) is 0.500. The molecule has 1 heterocycles. The molecule has 0 spiro atoms. The number of anilines is 1. The van der Waals surface area contributed by atoms with Crippen molar-refractivity contribution >= 4 is 52.7 Å². The lowest BCUT2D eigenvalue weighted by Crippen LogP contribution is -2.01. The Morgan fingerprint density at radius 1 is 1.45 bits per heavy atom. The van der Waals surface area contributed by atoms with Crippen LogP contribution in [0, 0.1) is 0 Å². The Kier molecular flexibility index (Phi) is 3.06. The lowest BCUT2D eigenvalue weighted by atomic mass is 11.2. The number of hydrogen-bond acceptors (Lipinski definition) is 5. The minimum Gasteiger partial charge on any atom is -0.292 e. The van der Waals surface area contributed by atoms with Gasteiger partial charge in [-0.2, -0.15) is 5.21 Å². The first-order valence-electron chi connectivity index (χ1n) is 2.32. The monoisotopic (exact) mass is 233 g/mol. The van der Waals surface area contributed by atoms with Crippen LogP contribution in [0.1, 0.15) is 0 Å². The van der Waals surface area contributed by atoms with Gasteiger partial charge in [-0.1, -0.05) is 39.9 Å². The van der Waals surface area contributed by atoms with Crippen LogP contribution in [0.15, 0.2) is 0 Å². The first-order valence-corrected chi connectivity index (χ1v) is 4.27. The lowest BCUT2D eigenvalue weighted by molar-refractivity contribution is 0.881. The highest BCUT2D eigenvalue weighted by molar-refractivity contribution is 8.05. The predicted octanol–water partition coefficient (Wildman–Crippen LogP) is 1.59. The Bertz CT molecular complexity index is 206. The predicted molar refractivity (Wildman–Crippen MR) is 45.7 cm³/mol. The van der Waals surface area contributed by atoms with Crippen molar-refractivity contribution in [1.29, 1.82) is 0 Å². The van der Waals surface area contributed by atoms with Gasteiger partial charge in [0.15, 0.2) is 0 Å². The standard InChI is InChI=1S/C2H2Cl3N5S/c3-2(4,5)11-8-1-6-9-10-7-1/h(H2,6,7,8,9,10). The van der Waals surface area contributed by atoms with Crippen LogP contribution < -0.4 is 4.72 Å². The van der Waals surface area contributed by atoms with Crippen LogP contribution in [0.5, 0.6) is 0 Å². The van der Waals surface area contributed by atoms with Crippen molar-refractivity contribution in [3.63, 3.8) is 0 Å². The van der Waals surface area contributed by atoms with E-state index in [0.29, 0.717) is 0 Å². The number of halogens is 3. The van der Waals surface area contributed by atoms with E-state index in [9.17, 15) is 0 Å². The van der Waals surface area contributed by atoms with E-state index in [-0.39, 0.29) is 5.95 Å². The van der Waals surface area contributed by atoms with Crippen molar-refractivity contribution < 1.29 is 0 Å². The number of aromatic amines is 1. The first kappa shape index (κ1) is 9.18. The molecule has 0 aromatic carbocycles. The second-order valence-electron chi connectivity index (χ2n) is 1.39. The maximum absolute atomic E-state index is 5.40. The molecule has 1 aromatic heterocycles. The molecule has 62 valence electrons. The number of tetrazole rings is 1. The van der Waals surface area contributed by atoms with Gasteiger partial charge in [0.25, 0.3) is 9.07 Å². The molecule has 0 bridgehead atoms. The van der Waals surface area contributed by atoms with Gasteiger partial charge in [0.05, 0.1) is 0 Å². The number of rotatable bonds is 2. The largest absolute Gasteiger partial charge is 0.292 e. The summed E-state index contributed by atoms with van der Waals surface area (Å²) in [6.45, 7) is 0. The summed E-state index contributed by atoms with van der Waals surface area (Å²) in [5, 5.41) is 12.6. The summed E-state index contributed by atoms with van der Waals surface area (Å²) < 4.78 is 1.14. The molecule has 0 fully saturated rings. The molecule has 0 atom stereocenters. The minimum atomic E-state index is -1.43. The molecule has 2 N–H and O–H groups in total. The zero-order valence-corrected chi connectivity index (χ0v) is 7.97. The van der Waals surface area contributed by atoms with Crippen LogP contribution >= 0.6 is 46.8 Å². The van der Waals surface area contributed by atoms with Crippen molar-refractivity contribution in [2.24, 2.45) is 0 Å². The van der Waals surface area contributed by atoms with Crippen LogP contribution in [0.25, 0.3) is 0 Å². The van der Waals surface area contributed by atoms with Crippen LogP contribution in [-0.2, 0) is 0 Å². The van der Waals surface area contributed by atoms with E-state index in [2.05, 4.69) is 25.3 Å². The van der Waals surface area contributed by atoms with E-state index in [1.54, 1.807) is 0 Å². The van der Waals surface area contributed by atoms with Crippen molar-refractivity contribution in [1.82, 2.24) is 20.6 Å². The molecule has 1 rings (SSSR count). The minimum absolute atomic E-state index is 0.265. The summed E-state index contributed by atoms with van der Waals surface area (Å²) in [6.07, 6.45) is 0. The Morgan fingerprint density at radius 2 is 2.18 bits per heavy atom. The Labute approximate surface area is 81.3 Å². The molecular formula is C2H2Cl3N5S. The third kappa shape index (κ3) is 3.85. The molecule has 5 nitrogen and oxygen atoms in total. The summed E-state index contributed by atoms with van der Waals surface area (Å²) in [5.74, 6) is 0.265. The van der Waals surface area contributed by atoms with Gasteiger partial charge in [-0.15, -0.1) is 5.10 Å². The first-order chi connectivity index (χ1) is 5.08. The average Bonchev–Trinajstić information content (AvgIpc) is 2.32. The number of hydrogen-bond donors (Lipinski definition) is 2. The highest BCUT2D eigenvalue weighted by atomic mass is 35.6. The van der Waals surface area contributed by atoms with E-state index < -0.39 is 3.12 Å². The third-order valence-corrected chi connectivity index (χ3v) is 1.81. The van der Waals surface area contributed by atoms with Gasteiger partial charge in [0, 0.05) is 11.9 Å². The number of aromatic nitrogens is 4. The normalized spacial score (nSPS) is 11.5. The Morgan fingerprint density at radius 3 is 2.64 bits per heavy atom. The van der Waals surface area contributed by atoms with E-state index in [1.165, 1.54) is 0 Å². The maximum atomic E-state index is 5.40. The van der Waals surface area contributed by atoms with Gasteiger partial charge in [-0.05, 0) is 5.21 Å². The molecule has 11 heavy (non-hydrogen) atoms. The molecule has 0 saturated heterocycles. The number of nitrogens with zero attached hydrogens (tertiary/aromatic N) is 3. The number of H-pyrrole nitrogens is 1. The maximum Gasteiger partial charge on any atom is 0.273 e. The van der Waals surface area contributed by atoms with Crippen molar-refractivity contribution in [2.75, 3.05) is 4.72 Å². The van der Waals surface area contributed by atoms with E-state index in [0.717, 1.165) is 11.9 Å². The van der Waals surface area contributed by atoms with Gasteiger partial charge in [0.2, 0.25) is 0 Å². The fourth-order valence-corrected chi connectivity index (χ4v) is 0.949. The molecule has 9 heteroatoms. The molecule has 1 aromatic rings. The Balaban J connectivity index is 2.35. The summed E-state index contributed by atoms with van der Waals surface area (Å²) >= 11 is 17.0. The summed E-state index contributed by atoms with van der Waals surface area (Å²) in [7, 11) is 0. The summed E-state index contributed by atoms with van der Waals surface area (Å²) in [4.78, 5) is 0. The van der Waals surface area contributed by atoms with Gasteiger partial charge in [-0.3, -0.25) is 4.72 Å². The van der Waals surface area contributed by atoms with Crippen LogP contribution in [0.2, 0.25) is 0 Å². The topological polar surface area (TPSA) is 66.5 Å². The zero-order valence-electron chi connectivity index (χ0n) is 4.88. The highest BCUT2D eigenvalue weighted by Crippen LogP contribution is 2.38. The van der Waals surface area contributed by atoms with E-state index in [1.807, 2.05) is 0 Å². The molecule has 0 unspecified atom stereocenters. The number of alkyl halides is 3. The lowest BCUT2D eigenvalue weighted by Gasteiger charge is -2.07. The van der Waals surface area contributed by atoms with E-state index in [4.69, 9.17) is 34.8 Å². The van der Waals surface area contributed by atoms with Crippen LogP contribution in [0.3, 0.4) is 0 Å². The zero-order chi connectivity index (χ0) is 8.32. The smallest absolute Gasteiger partial charge is 0.273 e. The van der Waals surface area contributed by atoms with Crippen LogP contribution in [0.4, 0.5) is 5.95 Å². The SMILES string of the molecule is ClC(Cl)(Cl)SNc1nn[nH]n1. The molecular weight excluding hydrogens is 232 g/mol.